The first-order valence-electron chi connectivity index (χ1n) is 6.96. The average molecular weight is 307 g/mol. The summed E-state index contributed by atoms with van der Waals surface area (Å²) in [4.78, 5) is 24.3. The third-order valence-electron chi connectivity index (χ3n) is 3.78. The van der Waals surface area contributed by atoms with E-state index < -0.39 is 30.2 Å². The first kappa shape index (κ1) is 16.0. The molecule has 2 rings (SSSR count). The Morgan fingerprint density at radius 1 is 1.45 bits per heavy atom. The number of allylic oxidation sites excluding steroid dienone is 1. The summed E-state index contributed by atoms with van der Waals surface area (Å²) in [6, 6.07) is 9.07. The van der Waals surface area contributed by atoms with E-state index in [0.717, 1.165) is 10.5 Å². The number of alkyl halides is 1. The number of nitrogens with zero attached hydrogens (tertiary/aromatic N) is 1. The molecule has 0 bridgehead atoms. The second kappa shape index (κ2) is 6.60. The second-order valence-corrected chi connectivity index (χ2v) is 5.31. The first-order chi connectivity index (χ1) is 10.5. The number of halogens is 1. The van der Waals surface area contributed by atoms with E-state index in [1.165, 1.54) is 6.08 Å². The van der Waals surface area contributed by atoms with E-state index in [-0.39, 0.29) is 19.6 Å². The summed E-state index contributed by atoms with van der Waals surface area (Å²) >= 11 is 0. The number of hydrogen-bond acceptors (Lipinski definition) is 3. The van der Waals surface area contributed by atoms with Crippen LogP contribution in [0.2, 0.25) is 0 Å². The van der Waals surface area contributed by atoms with Gasteiger partial charge in [-0.3, -0.25) is 0 Å². The van der Waals surface area contributed by atoms with E-state index in [1.54, 1.807) is 12.1 Å². The number of carboxylic acids is 1. The summed E-state index contributed by atoms with van der Waals surface area (Å²) in [6.45, 7) is 3.06. The summed E-state index contributed by atoms with van der Waals surface area (Å²) in [5, 5.41) is 9.09. The van der Waals surface area contributed by atoms with E-state index in [9.17, 15) is 14.0 Å². The number of carbonyl (C=O) groups excluding carboxylic acids is 1. The van der Waals surface area contributed by atoms with Crippen LogP contribution in [0.15, 0.2) is 43.0 Å². The Balaban J connectivity index is 1.99. The molecule has 2 atom stereocenters. The van der Waals surface area contributed by atoms with Gasteiger partial charge in [0.15, 0.2) is 0 Å². The molecule has 1 aromatic rings. The number of amides is 1. The quantitative estimate of drug-likeness (QED) is 0.849. The van der Waals surface area contributed by atoms with Gasteiger partial charge in [-0.15, -0.1) is 6.58 Å². The molecule has 1 N–H and O–H groups in total. The topological polar surface area (TPSA) is 66.8 Å². The van der Waals surface area contributed by atoms with Crippen LogP contribution in [0, 0.1) is 5.92 Å². The highest BCUT2D eigenvalue weighted by Crippen LogP contribution is 2.35. The SMILES string of the molecule is C=CC[C@H]1CN(C(=O)OCc2ccccc2)C[C@@]1(F)C(=O)O. The maximum atomic E-state index is 14.6. The predicted molar refractivity (Wildman–Crippen MR) is 78.0 cm³/mol. The molecule has 0 unspecified atom stereocenters. The van der Waals surface area contributed by atoms with Gasteiger partial charge in [-0.05, 0) is 12.0 Å². The fraction of sp³-hybridized carbons (Fsp3) is 0.375. The molecule has 1 aliphatic rings. The van der Waals surface area contributed by atoms with Crippen molar-refractivity contribution in [1.82, 2.24) is 4.90 Å². The highest BCUT2D eigenvalue weighted by Gasteiger charge is 2.54. The third kappa shape index (κ3) is 3.27. The molecule has 6 heteroatoms. The Hall–Kier alpha value is -2.37. The smallest absolute Gasteiger partial charge is 0.410 e. The predicted octanol–water partition coefficient (Wildman–Crippen LogP) is 2.62. The van der Waals surface area contributed by atoms with Crippen molar-refractivity contribution in [3.8, 4) is 0 Å². The molecule has 0 aliphatic carbocycles. The van der Waals surface area contributed by atoms with Gasteiger partial charge in [0.25, 0.3) is 0 Å². The van der Waals surface area contributed by atoms with Gasteiger partial charge in [-0.2, -0.15) is 0 Å². The molecule has 0 radical (unpaired) electrons. The molecule has 0 aromatic heterocycles. The molecule has 0 spiro atoms. The van der Waals surface area contributed by atoms with Gasteiger partial charge >= 0.3 is 12.1 Å². The zero-order chi connectivity index (χ0) is 16.2. The molecule has 22 heavy (non-hydrogen) atoms. The highest BCUT2D eigenvalue weighted by molar-refractivity contribution is 5.80. The van der Waals surface area contributed by atoms with Crippen LogP contribution in [0.4, 0.5) is 9.18 Å². The molecule has 0 saturated carbocycles. The van der Waals surface area contributed by atoms with Crippen LogP contribution in [0.5, 0.6) is 0 Å². The summed E-state index contributed by atoms with van der Waals surface area (Å²) in [5.74, 6) is -2.37. The molecule has 1 fully saturated rings. The van der Waals surface area contributed by atoms with Crippen LogP contribution in [0.3, 0.4) is 0 Å². The summed E-state index contributed by atoms with van der Waals surface area (Å²) in [7, 11) is 0. The Morgan fingerprint density at radius 3 is 2.73 bits per heavy atom. The lowest BCUT2D eigenvalue weighted by Gasteiger charge is -2.19. The molecule has 1 amide bonds. The van der Waals surface area contributed by atoms with Gasteiger partial charge in [-0.25, -0.2) is 14.0 Å². The fourth-order valence-corrected chi connectivity index (χ4v) is 2.54. The summed E-state index contributed by atoms with van der Waals surface area (Å²) in [5.41, 5.74) is -1.65. The normalized spacial score (nSPS) is 24.0. The number of carboxylic acid groups (broad SMARTS) is 1. The lowest BCUT2D eigenvalue weighted by molar-refractivity contribution is -0.152. The van der Waals surface area contributed by atoms with Crippen molar-refractivity contribution in [2.75, 3.05) is 13.1 Å². The van der Waals surface area contributed by atoms with Crippen molar-refractivity contribution >= 4 is 12.1 Å². The van der Waals surface area contributed by atoms with Gasteiger partial charge in [0.05, 0.1) is 6.54 Å². The van der Waals surface area contributed by atoms with Crippen LogP contribution in [0.25, 0.3) is 0 Å². The van der Waals surface area contributed by atoms with Crippen LogP contribution in [0.1, 0.15) is 12.0 Å². The molecule has 5 nitrogen and oxygen atoms in total. The maximum Gasteiger partial charge on any atom is 0.410 e. The van der Waals surface area contributed by atoms with Gasteiger partial charge < -0.3 is 14.7 Å². The van der Waals surface area contributed by atoms with Crippen molar-refractivity contribution in [3.63, 3.8) is 0 Å². The summed E-state index contributed by atoms with van der Waals surface area (Å²) < 4.78 is 19.7. The minimum atomic E-state index is -2.46. The number of ether oxygens (including phenoxy) is 1. The Bertz CT molecular complexity index is 563. The molecule has 1 saturated heterocycles. The van der Waals surface area contributed by atoms with Crippen LogP contribution >= 0.6 is 0 Å². The van der Waals surface area contributed by atoms with Crippen molar-refractivity contribution in [2.24, 2.45) is 5.92 Å². The zero-order valence-corrected chi connectivity index (χ0v) is 12.1. The standard InChI is InChI=1S/C16H18FNO4/c1-2-6-13-9-18(11-16(13,17)14(19)20)15(21)22-10-12-7-4-3-5-8-12/h2-5,7-8,13H,1,6,9-11H2,(H,19,20)/t13-,16-/m0/s1. The van der Waals surface area contributed by atoms with Crippen molar-refractivity contribution < 1.29 is 23.8 Å². The number of likely N-dealkylation sites (tertiary alicyclic amines) is 1. The lowest BCUT2D eigenvalue weighted by atomic mass is 9.90. The number of benzene rings is 1. The lowest BCUT2D eigenvalue weighted by Crippen LogP contribution is -2.42. The van der Waals surface area contributed by atoms with Gasteiger partial charge in [0.1, 0.15) is 6.61 Å². The Morgan fingerprint density at radius 2 is 2.14 bits per heavy atom. The van der Waals surface area contributed by atoms with Crippen molar-refractivity contribution in [3.05, 3.63) is 48.6 Å². The van der Waals surface area contributed by atoms with Gasteiger partial charge in [0.2, 0.25) is 5.67 Å². The van der Waals surface area contributed by atoms with Gasteiger partial charge in [-0.1, -0.05) is 36.4 Å². The second-order valence-electron chi connectivity index (χ2n) is 5.31. The minimum Gasteiger partial charge on any atom is -0.479 e. The summed E-state index contributed by atoms with van der Waals surface area (Å²) in [6.07, 6.45) is 0.935. The average Bonchev–Trinajstić information content (AvgIpc) is 2.85. The number of hydrogen-bond donors (Lipinski definition) is 1. The van der Waals surface area contributed by atoms with Crippen LogP contribution in [-0.2, 0) is 16.1 Å². The minimum absolute atomic E-state index is 0.00242. The molecular weight excluding hydrogens is 289 g/mol. The Labute approximate surface area is 128 Å². The van der Waals surface area contributed by atoms with Crippen LogP contribution in [-0.4, -0.2) is 40.8 Å². The molecule has 1 aromatic carbocycles. The van der Waals surface area contributed by atoms with Crippen LogP contribution < -0.4 is 0 Å². The number of carbonyl (C=O) groups is 2. The monoisotopic (exact) mass is 307 g/mol. The third-order valence-corrected chi connectivity index (χ3v) is 3.78. The van der Waals surface area contributed by atoms with Crippen molar-refractivity contribution in [1.29, 1.82) is 0 Å². The molecule has 1 heterocycles. The van der Waals surface area contributed by atoms with E-state index in [0.29, 0.717) is 0 Å². The van der Waals surface area contributed by atoms with Crippen molar-refractivity contribution in [2.45, 2.75) is 18.7 Å². The molecule has 1 aliphatic heterocycles. The van der Waals surface area contributed by atoms with E-state index in [4.69, 9.17) is 9.84 Å². The number of aliphatic carboxylic acids is 1. The largest absolute Gasteiger partial charge is 0.479 e. The number of rotatable bonds is 5. The molecular formula is C16H18FNO4. The first-order valence-corrected chi connectivity index (χ1v) is 6.96. The zero-order valence-electron chi connectivity index (χ0n) is 12.1. The highest BCUT2D eigenvalue weighted by atomic mass is 19.1. The Kier molecular flexibility index (Phi) is 4.80. The van der Waals surface area contributed by atoms with Gasteiger partial charge in [0, 0.05) is 12.5 Å². The maximum absolute atomic E-state index is 14.6. The van der Waals surface area contributed by atoms with E-state index >= 15 is 0 Å². The van der Waals surface area contributed by atoms with E-state index in [2.05, 4.69) is 6.58 Å². The molecule has 118 valence electrons. The fourth-order valence-electron chi connectivity index (χ4n) is 2.54. The van der Waals surface area contributed by atoms with E-state index in [1.807, 2.05) is 18.2 Å².